The van der Waals surface area contributed by atoms with Crippen molar-refractivity contribution in [3.05, 3.63) is 42.0 Å². The molecule has 2 atom stereocenters. The Morgan fingerprint density at radius 2 is 1.84 bits per heavy atom. The van der Waals surface area contributed by atoms with E-state index in [4.69, 9.17) is 4.74 Å². The number of aromatic hydroxyl groups is 1. The molecule has 2 aromatic rings. The maximum Gasteiger partial charge on any atom is 0.407 e. The molecule has 0 saturated heterocycles. The van der Waals surface area contributed by atoms with Crippen LogP contribution in [0.25, 0.3) is 10.8 Å². The summed E-state index contributed by atoms with van der Waals surface area (Å²) in [6.07, 6.45) is -2.86. The van der Waals surface area contributed by atoms with E-state index in [1.807, 2.05) is 12.1 Å². The Balaban J connectivity index is 1.97. The van der Waals surface area contributed by atoms with Crippen molar-refractivity contribution in [2.24, 2.45) is 0 Å². The van der Waals surface area contributed by atoms with E-state index in [9.17, 15) is 20.1 Å². The molecule has 0 aliphatic carbocycles. The number of aliphatic hydroxyl groups is 2. The van der Waals surface area contributed by atoms with Crippen molar-refractivity contribution in [2.45, 2.75) is 45.0 Å². The Hall–Kier alpha value is -2.31. The first kappa shape index (κ1) is 19.0. The Morgan fingerprint density at radius 3 is 2.52 bits per heavy atom. The van der Waals surface area contributed by atoms with Crippen molar-refractivity contribution < 1.29 is 24.9 Å². The van der Waals surface area contributed by atoms with Gasteiger partial charge in [-0.25, -0.2) is 4.79 Å². The van der Waals surface area contributed by atoms with Crippen molar-refractivity contribution in [1.29, 1.82) is 0 Å². The van der Waals surface area contributed by atoms with E-state index in [1.165, 1.54) is 0 Å². The van der Waals surface area contributed by atoms with E-state index in [-0.39, 0.29) is 24.3 Å². The number of rotatable bonds is 5. The number of fused-ring (bicyclic) bond motifs is 1. The highest BCUT2D eigenvalue weighted by molar-refractivity contribution is 5.89. The average molecular weight is 347 g/mol. The second kappa shape index (κ2) is 7.72. The molecule has 2 rings (SSSR count). The number of alkyl carbamates (subject to hydrolysis) is 1. The molecule has 0 heterocycles. The summed E-state index contributed by atoms with van der Waals surface area (Å²) in [6, 6.07) is 10.6. The number of hydrogen-bond acceptors (Lipinski definition) is 5. The van der Waals surface area contributed by atoms with Crippen LogP contribution in [-0.4, -0.2) is 39.7 Å². The zero-order chi connectivity index (χ0) is 18.6. The fourth-order valence-corrected chi connectivity index (χ4v) is 2.51. The number of benzene rings is 2. The van der Waals surface area contributed by atoms with Gasteiger partial charge in [0.05, 0.1) is 6.10 Å². The number of carbonyl (C=O) groups is 1. The van der Waals surface area contributed by atoms with Gasteiger partial charge >= 0.3 is 6.09 Å². The average Bonchev–Trinajstić information content (AvgIpc) is 2.53. The quantitative estimate of drug-likeness (QED) is 0.666. The summed E-state index contributed by atoms with van der Waals surface area (Å²) in [5, 5.41) is 34.8. The Bertz CT molecular complexity index is 738. The van der Waals surface area contributed by atoms with Crippen LogP contribution in [0.1, 0.15) is 38.9 Å². The number of phenols is 1. The first-order valence-electron chi connectivity index (χ1n) is 8.22. The SMILES string of the molecule is CC(C)(C)OC(=O)NCCC(O)C(O)c1ccc2ccccc2c1O. The summed E-state index contributed by atoms with van der Waals surface area (Å²) < 4.78 is 5.10. The van der Waals surface area contributed by atoms with Gasteiger partial charge in [-0.1, -0.05) is 36.4 Å². The van der Waals surface area contributed by atoms with Gasteiger partial charge in [-0.15, -0.1) is 0 Å². The molecule has 0 fully saturated rings. The van der Waals surface area contributed by atoms with E-state index >= 15 is 0 Å². The van der Waals surface area contributed by atoms with Crippen molar-refractivity contribution in [2.75, 3.05) is 6.54 Å². The lowest BCUT2D eigenvalue weighted by Crippen LogP contribution is -2.34. The van der Waals surface area contributed by atoms with Crippen LogP contribution in [0, 0.1) is 0 Å². The topological polar surface area (TPSA) is 99.0 Å². The van der Waals surface area contributed by atoms with Gasteiger partial charge < -0.3 is 25.4 Å². The molecule has 0 aliphatic rings. The molecule has 0 bridgehead atoms. The lowest BCUT2D eigenvalue weighted by Gasteiger charge is -2.22. The highest BCUT2D eigenvalue weighted by Gasteiger charge is 2.23. The molecule has 136 valence electrons. The monoisotopic (exact) mass is 347 g/mol. The largest absolute Gasteiger partial charge is 0.507 e. The minimum atomic E-state index is -1.26. The number of ether oxygens (including phenoxy) is 1. The number of aliphatic hydroxyl groups excluding tert-OH is 2. The third kappa shape index (κ3) is 5.08. The molecular weight excluding hydrogens is 322 g/mol. The van der Waals surface area contributed by atoms with Crippen molar-refractivity contribution in [3.8, 4) is 5.75 Å². The van der Waals surface area contributed by atoms with E-state index in [2.05, 4.69) is 5.32 Å². The molecule has 0 spiro atoms. The van der Waals surface area contributed by atoms with Gasteiger partial charge in [0.1, 0.15) is 17.5 Å². The first-order valence-corrected chi connectivity index (χ1v) is 8.22. The minimum Gasteiger partial charge on any atom is -0.507 e. The summed E-state index contributed by atoms with van der Waals surface area (Å²) in [7, 11) is 0. The van der Waals surface area contributed by atoms with Crippen LogP contribution >= 0.6 is 0 Å². The molecule has 2 aromatic carbocycles. The lowest BCUT2D eigenvalue weighted by molar-refractivity contribution is 0.0112. The number of carbonyl (C=O) groups excluding carboxylic acids is 1. The Labute approximate surface area is 147 Å². The van der Waals surface area contributed by atoms with E-state index in [0.717, 1.165) is 5.39 Å². The van der Waals surface area contributed by atoms with Crippen LogP contribution < -0.4 is 5.32 Å². The third-order valence-corrected chi connectivity index (χ3v) is 3.72. The first-order chi connectivity index (χ1) is 11.7. The summed E-state index contributed by atoms with van der Waals surface area (Å²) >= 11 is 0. The zero-order valence-corrected chi connectivity index (χ0v) is 14.7. The smallest absolute Gasteiger partial charge is 0.407 e. The maximum absolute atomic E-state index is 11.6. The number of nitrogens with one attached hydrogen (secondary N) is 1. The van der Waals surface area contributed by atoms with Gasteiger partial charge in [-0.2, -0.15) is 0 Å². The minimum absolute atomic E-state index is 0.0512. The molecule has 1 amide bonds. The van der Waals surface area contributed by atoms with Gasteiger partial charge in [0.2, 0.25) is 0 Å². The van der Waals surface area contributed by atoms with Crippen LogP contribution in [0.4, 0.5) is 4.79 Å². The normalized spacial score (nSPS) is 14.1. The number of hydrogen-bond donors (Lipinski definition) is 4. The van der Waals surface area contributed by atoms with Gasteiger partial charge in [0.25, 0.3) is 0 Å². The Kier molecular flexibility index (Phi) is 5.87. The highest BCUT2D eigenvalue weighted by atomic mass is 16.6. The molecule has 2 unspecified atom stereocenters. The molecule has 0 radical (unpaired) electrons. The van der Waals surface area contributed by atoms with Gasteiger partial charge in [0, 0.05) is 17.5 Å². The predicted molar refractivity (Wildman–Crippen MR) is 95.4 cm³/mol. The molecule has 0 saturated carbocycles. The molecule has 0 aromatic heterocycles. The molecule has 25 heavy (non-hydrogen) atoms. The maximum atomic E-state index is 11.6. The van der Waals surface area contributed by atoms with Crippen LogP contribution in [0.3, 0.4) is 0 Å². The lowest BCUT2D eigenvalue weighted by atomic mass is 9.97. The molecule has 0 aliphatic heterocycles. The number of phenolic OH excluding ortho intramolecular Hbond substituents is 1. The summed E-state index contributed by atoms with van der Waals surface area (Å²) in [5.41, 5.74) is -0.345. The summed E-state index contributed by atoms with van der Waals surface area (Å²) in [5.74, 6) is -0.0512. The number of amides is 1. The fraction of sp³-hybridized carbons (Fsp3) is 0.421. The zero-order valence-electron chi connectivity index (χ0n) is 14.7. The molecule has 6 nitrogen and oxygen atoms in total. The van der Waals surface area contributed by atoms with Crippen molar-refractivity contribution in [1.82, 2.24) is 5.32 Å². The second-order valence-electron chi connectivity index (χ2n) is 6.95. The van der Waals surface area contributed by atoms with E-state index in [1.54, 1.807) is 45.0 Å². The van der Waals surface area contributed by atoms with E-state index < -0.39 is 23.9 Å². The van der Waals surface area contributed by atoms with Gasteiger partial charge in [-0.05, 0) is 32.6 Å². The molecular formula is C19H25NO5. The Morgan fingerprint density at radius 1 is 1.16 bits per heavy atom. The van der Waals surface area contributed by atoms with Crippen LogP contribution in [0.15, 0.2) is 36.4 Å². The van der Waals surface area contributed by atoms with Crippen LogP contribution in [0.5, 0.6) is 5.75 Å². The summed E-state index contributed by atoms with van der Waals surface area (Å²) in [4.78, 5) is 11.6. The standard InChI is InChI=1S/C19H25NO5/c1-19(2,3)25-18(24)20-11-10-15(21)17(23)14-9-8-12-6-4-5-7-13(12)16(14)22/h4-9,15,17,21-23H,10-11H2,1-3H3,(H,20,24). The van der Waals surface area contributed by atoms with Crippen molar-refractivity contribution in [3.63, 3.8) is 0 Å². The van der Waals surface area contributed by atoms with Crippen LogP contribution in [0.2, 0.25) is 0 Å². The predicted octanol–water partition coefficient (Wildman–Crippen LogP) is 2.85. The molecule has 4 N–H and O–H groups in total. The third-order valence-electron chi connectivity index (χ3n) is 3.72. The molecule has 6 heteroatoms. The van der Waals surface area contributed by atoms with Gasteiger partial charge in [-0.3, -0.25) is 0 Å². The fourth-order valence-electron chi connectivity index (χ4n) is 2.51. The van der Waals surface area contributed by atoms with Crippen LogP contribution in [-0.2, 0) is 4.74 Å². The van der Waals surface area contributed by atoms with Gasteiger partial charge in [0.15, 0.2) is 0 Å². The van der Waals surface area contributed by atoms with Crippen molar-refractivity contribution >= 4 is 16.9 Å². The second-order valence-corrected chi connectivity index (χ2v) is 6.95. The highest BCUT2D eigenvalue weighted by Crippen LogP contribution is 2.34. The van der Waals surface area contributed by atoms with E-state index in [0.29, 0.717) is 5.39 Å². The summed E-state index contributed by atoms with van der Waals surface area (Å²) in [6.45, 7) is 5.41.